The minimum Gasteiger partial charge on any atom is -0.373 e. The maximum atomic E-state index is 5.83. The molecule has 12 aromatic rings. The van der Waals surface area contributed by atoms with Crippen molar-refractivity contribution >= 4 is 68.0 Å². The van der Waals surface area contributed by atoms with E-state index in [1.165, 1.54) is 0 Å². The smallest absolute Gasteiger partial charge is 0.154 e. The number of hydrogen-bond acceptors (Lipinski definition) is 23. The van der Waals surface area contributed by atoms with E-state index in [-0.39, 0.29) is 24.4 Å². The van der Waals surface area contributed by atoms with Gasteiger partial charge in [-0.25, -0.2) is 19.6 Å². The first-order valence-electron chi connectivity index (χ1n) is 33.4. The predicted molar refractivity (Wildman–Crippen MR) is 380 cm³/mol. The van der Waals surface area contributed by atoms with Crippen LogP contribution in [-0.2, 0) is 34.0 Å². The molecular formula is C72H85N23O3. The molecule has 3 N–H and O–H groups in total. The van der Waals surface area contributed by atoms with Gasteiger partial charge in [0.1, 0.15) is 24.2 Å². The van der Waals surface area contributed by atoms with Gasteiger partial charge in [-0.1, -0.05) is 41.5 Å². The van der Waals surface area contributed by atoms with E-state index in [9.17, 15) is 0 Å². The Hall–Kier alpha value is -10.3. The van der Waals surface area contributed by atoms with Gasteiger partial charge >= 0.3 is 0 Å². The third-order valence-corrected chi connectivity index (χ3v) is 16.8. The van der Waals surface area contributed by atoms with Crippen molar-refractivity contribution in [3.05, 3.63) is 164 Å². The molecular weight excluding hydrogens is 1230 g/mol. The third kappa shape index (κ3) is 17.9. The van der Waals surface area contributed by atoms with Crippen LogP contribution in [-0.4, -0.2) is 170 Å². The lowest BCUT2D eigenvalue weighted by molar-refractivity contribution is -0.0689. The lowest BCUT2D eigenvalue weighted by Gasteiger charge is -2.35. The Bertz CT molecular complexity index is 4410. The van der Waals surface area contributed by atoms with Crippen LogP contribution < -0.4 is 16.0 Å². The Labute approximate surface area is 570 Å². The molecule has 4 atom stereocenters. The molecule has 14 heterocycles. The van der Waals surface area contributed by atoms with Gasteiger partial charge in [-0.3, -0.25) is 34.1 Å². The standard InChI is InChI=1S/2C26H32N8O.C20H21N7O/c2*1-17(2)20-10-26(32-28-12-20)31-25-6-5-23-24(30-25)9-21(11-27-23)22-13-29-34(16-22)8-7-33-14-18(3)35-19(4)15-33;1-13(2)14-7-20(26-22-9-14)25-19-5-4-17-18(24-19)6-15(8-21-17)16-10-23-27(11-16)12-28-3/h2*5-6,9-13,16-19H,7-8,14-15H2,1-4H3,(H,30,31,32);4-11,13H,12H2,1-3H3,(H,24,25,26)/t18-,19+;18-,19-;/m.0./s1. The average Bonchev–Trinajstić information content (AvgIpc) is 1.35. The normalized spacial score (nSPS) is 16.7. The minimum absolute atomic E-state index is 0.272. The number of anilines is 6. The highest BCUT2D eigenvalue weighted by Gasteiger charge is 2.24. The second-order valence-electron chi connectivity index (χ2n) is 26.0. The summed E-state index contributed by atoms with van der Waals surface area (Å²) in [5.41, 5.74) is 14.2. The van der Waals surface area contributed by atoms with Crippen LogP contribution in [0, 0.1) is 0 Å². The number of aromatic nitrogens is 18. The molecule has 0 spiro atoms. The highest BCUT2D eigenvalue weighted by molar-refractivity contribution is 5.84. The third-order valence-electron chi connectivity index (χ3n) is 16.8. The maximum absolute atomic E-state index is 5.83. The van der Waals surface area contributed by atoms with Crippen LogP contribution in [0.3, 0.4) is 0 Å². The molecule has 0 bridgehead atoms. The first-order valence-corrected chi connectivity index (χ1v) is 33.4. The van der Waals surface area contributed by atoms with Crippen LogP contribution in [0.2, 0.25) is 0 Å². The summed E-state index contributed by atoms with van der Waals surface area (Å²) in [4.78, 5) is 32.8. The van der Waals surface area contributed by atoms with Crippen molar-refractivity contribution in [2.24, 2.45) is 0 Å². The van der Waals surface area contributed by atoms with E-state index in [2.05, 4.69) is 185 Å². The summed E-state index contributed by atoms with van der Waals surface area (Å²) >= 11 is 0. The molecule has 0 aliphatic carbocycles. The fourth-order valence-electron chi connectivity index (χ4n) is 11.8. The molecule has 2 aliphatic rings. The molecule has 506 valence electrons. The summed E-state index contributed by atoms with van der Waals surface area (Å²) in [7, 11) is 1.64. The first-order chi connectivity index (χ1) is 47.5. The number of nitrogens with zero attached hydrogens (tertiary/aromatic N) is 20. The van der Waals surface area contributed by atoms with E-state index < -0.39 is 0 Å². The van der Waals surface area contributed by atoms with Crippen LogP contribution in [0.25, 0.3) is 66.5 Å². The minimum atomic E-state index is 0.272. The Morgan fingerprint density at radius 1 is 0.388 bits per heavy atom. The topological polar surface area (TPSA) is 278 Å². The number of fused-ring (bicyclic) bond motifs is 3. The first kappa shape index (κ1) is 67.7. The van der Waals surface area contributed by atoms with Crippen LogP contribution in [0.4, 0.5) is 34.9 Å². The number of ether oxygens (including phenoxy) is 3. The molecule has 0 unspecified atom stereocenters. The number of rotatable bonds is 20. The fourth-order valence-corrected chi connectivity index (χ4v) is 11.8. The Morgan fingerprint density at radius 2 is 0.714 bits per heavy atom. The van der Waals surface area contributed by atoms with E-state index in [4.69, 9.17) is 24.2 Å². The van der Waals surface area contributed by atoms with E-state index in [0.29, 0.717) is 59.4 Å². The van der Waals surface area contributed by atoms with Gasteiger partial charge in [-0.05, 0) is 135 Å². The zero-order valence-electron chi connectivity index (χ0n) is 57.4. The van der Waals surface area contributed by atoms with Gasteiger partial charge in [0.15, 0.2) is 17.5 Å². The molecule has 2 aliphatic heterocycles. The van der Waals surface area contributed by atoms with Crippen molar-refractivity contribution < 1.29 is 14.2 Å². The lowest BCUT2D eigenvalue weighted by atomic mass is 10.1. The molecule has 0 saturated carbocycles. The largest absolute Gasteiger partial charge is 0.373 e. The van der Waals surface area contributed by atoms with Crippen molar-refractivity contribution in [2.45, 2.75) is 131 Å². The van der Waals surface area contributed by atoms with E-state index in [0.717, 1.165) is 136 Å². The van der Waals surface area contributed by atoms with Gasteiger partial charge in [-0.15, -0.1) is 15.3 Å². The molecule has 2 saturated heterocycles. The molecule has 0 amide bonds. The average molecular weight is 1320 g/mol. The second kappa shape index (κ2) is 31.3. The van der Waals surface area contributed by atoms with E-state index >= 15 is 0 Å². The molecule has 0 aromatic carbocycles. The molecule has 12 aromatic heterocycles. The number of pyridine rings is 6. The number of methoxy groups -OCH3 is 1. The van der Waals surface area contributed by atoms with Crippen LogP contribution in [0.15, 0.2) is 147 Å². The second-order valence-corrected chi connectivity index (χ2v) is 26.0. The molecule has 26 nitrogen and oxygen atoms in total. The predicted octanol–water partition coefficient (Wildman–Crippen LogP) is 12.3. The number of nitrogens with one attached hydrogen (secondary N) is 3. The van der Waals surface area contributed by atoms with Crippen molar-refractivity contribution in [1.29, 1.82) is 0 Å². The maximum Gasteiger partial charge on any atom is 0.154 e. The van der Waals surface area contributed by atoms with Gasteiger partial charge in [0.25, 0.3) is 0 Å². The zero-order valence-corrected chi connectivity index (χ0v) is 57.4. The summed E-state index contributed by atoms with van der Waals surface area (Å²) in [6.07, 6.45) is 23.7. The van der Waals surface area contributed by atoms with Gasteiger partial charge in [0, 0.05) is 117 Å². The van der Waals surface area contributed by atoms with Gasteiger partial charge in [0.05, 0.1) is 108 Å². The lowest BCUT2D eigenvalue weighted by Crippen LogP contribution is -2.46. The SMILES string of the molecule is CC(C)c1cnnc(Nc2ccc3ncc(-c4cnn(CCN5C[C@@H](C)O[C@@H](C)C5)c4)cc3n2)c1.CC(C)c1cnnc(Nc2ccc3ncc(-c4cnn(CCN5C[C@H](C)O[C@@H](C)C5)c4)cc3n2)c1.COCn1cc(-c2cnc3ccc(Nc4cc(C(C)C)cnn4)nc3c2)cn1. The fraction of sp³-hybridized carbons (Fsp3) is 0.375. The Kier molecular flexibility index (Phi) is 21.6. The van der Waals surface area contributed by atoms with Crippen LogP contribution >= 0.6 is 0 Å². The van der Waals surface area contributed by atoms with Crippen molar-refractivity contribution in [3.63, 3.8) is 0 Å². The molecule has 2 fully saturated rings. The summed E-state index contributed by atoms with van der Waals surface area (Å²) in [5, 5.41) is 48.0. The molecule has 26 heteroatoms. The van der Waals surface area contributed by atoms with Gasteiger partial charge in [0.2, 0.25) is 0 Å². The number of morpholine rings is 2. The summed E-state index contributed by atoms with van der Waals surface area (Å²) < 4.78 is 22.5. The monoisotopic (exact) mass is 1320 g/mol. The molecule has 0 radical (unpaired) electrons. The Balaban J connectivity index is 0.000000141. The molecule has 14 rings (SSSR count). The molecule has 98 heavy (non-hydrogen) atoms. The van der Waals surface area contributed by atoms with Crippen LogP contribution in [0.1, 0.15) is 104 Å². The van der Waals surface area contributed by atoms with Crippen molar-refractivity contribution in [2.75, 3.05) is 62.3 Å². The van der Waals surface area contributed by atoms with Gasteiger partial charge < -0.3 is 30.2 Å². The summed E-state index contributed by atoms with van der Waals surface area (Å²) in [6.45, 7) is 29.1. The highest BCUT2D eigenvalue weighted by Crippen LogP contribution is 2.29. The van der Waals surface area contributed by atoms with Gasteiger partial charge in [-0.2, -0.15) is 30.6 Å². The van der Waals surface area contributed by atoms with Crippen LogP contribution in [0.5, 0.6) is 0 Å². The van der Waals surface area contributed by atoms with E-state index in [1.54, 1.807) is 36.6 Å². The Morgan fingerprint density at radius 3 is 1.04 bits per heavy atom. The van der Waals surface area contributed by atoms with E-state index in [1.807, 2.05) is 107 Å². The quantitative estimate of drug-likeness (QED) is 0.0639. The zero-order chi connectivity index (χ0) is 68.2. The summed E-state index contributed by atoms with van der Waals surface area (Å²) in [6, 6.07) is 23.7. The highest BCUT2D eigenvalue weighted by atomic mass is 16.5. The van der Waals surface area contributed by atoms with Crippen molar-refractivity contribution in [1.82, 2.24) is 99.6 Å². The summed E-state index contributed by atoms with van der Waals surface area (Å²) in [5.74, 6) is 5.27. The van der Waals surface area contributed by atoms with Crippen molar-refractivity contribution in [3.8, 4) is 33.4 Å². The number of hydrogen-bond donors (Lipinski definition) is 3.